The Labute approximate surface area is 125 Å². The van der Waals surface area contributed by atoms with Crippen molar-refractivity contribution in [1.29, 1.82) is 0 Å². The van der Waals surface area contributed by atoms with Gasteiger partial charge in [-0.1, -0.05) is 13.8 Å². The topological polar surface area (TPSA) is 102 Å². The van der Waals surface area contributed by atoms with Gasteiger partial charge in [0.25, 0.3) is 0 Å². The van der Waals surface area contributed by atoms with Crippen LogP contribution in [0.15, 0.2) is 0 Å². The molecule has 2 atom stereocenters. The molecule has 1 aliphatic rings. The standard InChI is InChI=1S/C13H24N2O5S/c1-9(2)6-11(13(17)20-3)14-7-12(16)15-10-4-5-21(18,19)8-10/h9-11,14H,4-8H2,1-3H3,(H,15,16). The molecule has 0 saturated carbocycles. The van der Waals surface area contributed by atoms with Crippen molar-refractivity contribution in [2.24, 2.45) is 5.92 Å². The van der Waals surface area contributed by atoms with Crippen molar-refractivity contribution in [1.82, 2.24) is 10.6 Å². The van der Waals surface area contributed by atoms with Crippen molar-refractivity contribution >= 4 is 21.7 Å². The predicted molar refractivity (Wildman–Crippen MR) is 78.5 cm³/mol. The van der Waals surface area contributed by atoms with Crippen LogP contribution < -0.4 is 10.6 Å². The van der Waals surface area contributed by atoms with Gasteiger partial charge in [0.2, 0.25) is 5.91 Å². The van der Waals surface area contributed by atoms with E-state index in [1.54, 1.807) is 0 Å². The lowest BCUT2D eigenvalue weighted by Crippen LogP contribution is -2.46. The number of nitrogens with one attached hydrogen (secondary N) is 2. The van der Waals surface area contributed by atoms with Crippen LogP contribution in [0.2, 0.25) is 0 Å². The fraction of sp³-hybridized carbons (Fsp3) is 0.846. The summed E-state index contributed by atoms with van der Waals surface area (Å²) in [5, 5.41) is 5.53. The Morgan fingerprint density at radius 2 is 2.00 bits per heavy atom. The van der Waals surface area contributed by atoms with E-state index in [2.05, 4.69) is 10.6 Å². The van der Waals surface area contributed by atoms with Crippen molar-refractivity contribution in [3.05, 3.63) is 0 Å². The first-order valence-corrected chi connectivity index (χ1v) is 8.86. The number of ether oxygens (including phenoxy) is 1. The highest BCUT2D eigenvalue weighted by atomic mass is 32.2. The van der Waals surface area contributed by atoms with Gasteiger partial charge in [-0.05, 0) is 18.8 Å². The van der Waals surface area contributed by atoms with E-state index in [0.29, 0.717) is 12.8 Å². The molecular weight excluding hydrogens is 296 g/mol. The van der Waals surface area contributed by atoms with Crippen LogP contribution >= 0.6 is 0 Å². The molecule has 8 heteroatoms. The zero-order valence-electron chi connectivity index (χ0n) is 12.7. The molecule has 1 amide bonds. The molecule has 0 aliphatic carbocycles. The number of carbonyl (C=O) groups excluding carboxylic acids is 2. The molecular formula is C13H24N2O5S. The number of rotatable bonds is 7. The average Bonchev–Trinajstić information content (AvgIpc) is 2.72. The van der Waals surface area contributed by atoms with Crippen LogP contribution in [0.5, 0.6) is 0 Å². The molecule has 0 aromatic heterocycles. The molecule has 1 fully saturated rings. The Balaban J connectivity index is 2.41. The number of sulfone groups is 1. The van der Waals surface area contributed by atoms with Crippen LogP contribution in [0.4, 0.5) is 0 Å². The fourth-order valence-corrected chi connectivity index (χ4v) is 3.95. The Morgan fingerprint density at radius 3 is 2.48 bits per heavy atom. The van der Waals surface area contributed by atoms with Crippen molar-refractivity contribution in [3.8, 4) is 0 Å². The van der Waals surface area contributed by atoms with Crippen LogP contribution in [0, 0.1) is 5.92 Å². The molecule has 1 heterocycles. The van der Waals surface area contributed by atoms with Gasteiger partial charge in [0.05, 0.1) is 25.2 Å². The smallest absolute Gasteiger partial charge is 0.322 e. The molecule has 1 saturated heterocycles. The second-order valence-corrected chi connectivity index (χ2v) is 7.98. The van der Waals surface area contributed by atoms with Crippen LogP contribution in [0.3, 0.4) is 0 Å². The highest BCUT2D eigenvalue weighted by Crippen LogP contribution is 2.11. The third-order valence-corrected chi connectivity index (χ3v) is 5.07. The Bertz CT molecular complexity index is 475. The van der Waals surface area contributed by atoms with Crippen LogP contribution in [-0.2, 0) is 24.2 Å². The van der Waals surface area contributed by atoms with E-state index in [1.165, 1.54) is 7.11 Å². The van der Waals surface area contributed by atoms with Gasteiger partial charge in [-0.3, -0.25) is 14.9 Å². The molecule has 0 aromatic rings. The first kappa shape index (κ1) is 17.9. The van der Waals surface area contributed by atoms with E-state index in [-0.39, 0.29) is 35.9 Å². The van der Waals surface area contributed by atoms with Crippen molar-refractivity contribution in [3.63, 3.8) is 0 Å². The number of carbonyl (C=O) groups is 2. The largest absolute Gasteiger partial charge is 0.468 e. The summed E-state index contributed by atoms with van der Waals surface area (Å²) in [6, 6.07) is -0.862. The summed E-state index contributed by atoms with van der Waals surface area (Å²) in [7, 11) is -1.71. The molecule has 2 unspecified atom stereocenters. The van der Waals surface area contributed by atoms with Crippen molar-refractivity contribution < 1.29 is 22.7 Å². The average molecular weight is 320 g/mol. The minimum Gasteiger partial charge on any atom is -0.468 e. The molecule has 0 spiro atoms. The number of esters is 1. The molecule has 1 aliphatic heterocycles. The maximum atomic E-state index is 11.8. The van der Waals surface area contributed by atoms with E-state index >= 15 is 0 Å². The van der Waals surface area contributed by atoms with E-state index in [0.717, 1.165) is 0 Å². The lowest BCUT2D eigenvalue weighted by Gasteiger charge is -2.18. The zero-order valence-corrected chi connectivity index (χ0v) is 13.5. The minimum absolute atomic E-state index is 0.00877. The summed E-state index contributed by atoms with van der Waals surface area (Å²) < 4.78 is 27.3. The summed E-state index contributed by atoms with van der Waals surface area (Å²) in [5.41, 5.74) is 0. The van der Waals surface area contributed by atoms with E-state index in [4.69, 9.17) is 4.74 Å². The second-order valence-electron chi connectivity index (χ2n) is 5.75. The fourth-order valence-electron chi connectivity index (χ4n) is 2.28. The molecule has 0 radical (unpaired) electrons. The van der Waals surface area contributed by atoms with Gasteiger partial charge in [-0.25, -0.2) is 8.42 Å². The van der Waals surface area contributed by atoms with Crippen LogP contribution in [0.25, 0.3) is 0 Å². The molecule has 2 N–H and O–H groups in total. The summed E-state index contributed by atoms with van der Waals surface area (Å²) in [6.45, 7) is 3.91. The lowest BCUT2D eigenvalue weighted by molar-refractivity contribution is -0.143. The predicted octanol–water partition coefficient (Wildman–Crippen LogP) is -0.533. The van der Waals surface area contributed by atoms with Gasteiger partial charge in [0, 0.05) is 6.04 Å². The van der Waals surface area contributed by atoms with Crippen LogP contribution in [-0.4, -0.2) is 57.5 Å². The maximum Gasteiger partial charge on any atom is 0.322 e. The van der Waals surface area contributed by atoms with Gasteiger partial charge in [0.15, 0.2) is 9.84 Å². The normalized spacial score (nSPS) is 22.0. The van der Waals surface area contributed by atoms with Crippen molar-refractivity contribution in [2.75, 3.05) is 25.2 Å². The highest BCUT2D eigenvalue weighted by molar-refractivity contribution is 7.91. The molecule has 0 bridgehead atoms. The highest BCUT2D eigenvalue weighted by Gasteiger charge is 2.29. The first-order valence-electron chi connectivity index (χ1n) is 7.04. The lowest BCUT2D eigenvalue weighted by atomic mass is 10.0. The second kappa shape index (κ2) is 7.74. The third-order valence-electron chi connectivity index (χ3n) is 3.30. The third kappa shape index (κ3) is 6.43. The summed E-state index contributed by atoms with van der Waals surface area (Å²) in [6.07, 6.45) is 1.01. The number of methoxy groups -OCH3 is 1. The Kier molecular flexibility index (Phi) is 6.60. The van der Waals surface area contributed by atoms with E-state index in [9.17, 15) is 18.0 Å². The first-order chi connectivity index (χ1) is 9.73. The molecule has 122 valence electrons. The molecule has 21 heavy (non-hydrogen) atoms. The van der Waals surface area contributed by atoms with E-state index < -0.39 is 21.8 Å². The maximum absolute atomic E-state index is 11.8. The Morgan fingerprint density at radius 1 is 1.33 bits per heavy atom. The van der Waals surface area contributed by atoms with Crippen molar-refractivity contribution in [2.45, 2.75) is 38.8 Å². The molecule has 7 nitrogen and oxygen atoms in total. The summed E-state index contributed by atoms with van der Waals surface area (Å²) >= 11 is 0. The number of hydrogen-bond donors (Lipinski definition) is 2. The van der Waals surface area contributed by atoms with Crippen LogP contribution in [0.1, 0.15) is 26.7 Å². The monoisotopic (exact) mass is 320 g/mol. The summed E-state index contributed by atoms with van der Waals surface area (Å²) in [4.78, 5) is 23.4. The van der Waals surface area contributed by atoms with Gasteiger partial charge >= 0.3 is 5.97 Å². The quantitative estimate of drug-likeness (QED) is 0.611. The zero-order chi connectivity index (χ0) is 16.0. The molecule has 0 aromatic carbocycles. The molecule has 1 rings (SSSR count). The SMILES string of the molecule is COC(=O)C(CC(C)C)NCC(=O)NC1CCS(=O)(=O)C1. The van der Waals surface area contributed by atoms with E-state index in [1.807, 2.05) is 13.8 Å². The van der Waals surface area contributed by atoms with Gasteiger partial charge in [-0.2, -0.15) is 0 Å². The van der Waals surface area contributed by atoms with Gasteiger partial charge < -0.3 is 10.1 Å². The minimum atomic E-state index is -3.01. The Hall–Kier alpha value is -1.15. The van der Waals surface area contributed by atoms with Gasteiger partial charge in [-0.15, -0.1) is 0 Å². The summed E-state index contributed by atoms with van der Waals surface area (Å²) in [5.74, 6) is -0.325. The number of amides is 1. The van der Waals surface area contributed by atoms with Gasteiger partial charge in [0.1, 0.15) is 6.04 Å². The number of hydrogen-bond acceptors (Lipinski definition) is 6.